The van der Waals surface area contributed by atoms with E-state index >= 15 is 0 Å². The largest absolute Gasteiger partial charge is 0.496 e. The minimum absolute atomic E-state index is 0.00290. The minimum atomic E-state index is -0.300. The van der Waals surface area contributed by atoms with Gasteiger partial charge >= 0.3 is 0 Å². The van der Waals surface area contributed by atoms with Crippen LogP contribution in [0, 0.1) is 0 Å². The monoisotopic (exact) mass is 518 g/mol. The summed E-state index contributed by atoms with van der Waals surface area (Å²) >= 11 is 11.2. The Morgan fingerprint density at radius 2 is 2.00 bits per heavy atom. The molecule has 1 atom stereocenters. The van der Waals surface area contributed by atoms with E-state index in [1.807, 2.05) is 24.3 Å². The van der Waals surface area contributed by atoms with E-state index < -0.39 is 0 Å². The normalized spacial score (nSPS) is 16.9. The van der Waals surface area contributed by atoms with Gasteiger partial charge < -0.3 is 20.1 Å². The first-order chi connectivity index (χ1) is 15.0. The Hall–Kier alpha value is -2.22. The van der Waals surface area contributed by atoms with E-state index in [0.717, 1.165) is 51.2 Å². The summed E-state index contributed by atoms with van der Waals surface area (Å²) in [5.41, 5.74) is 3.89. The number of amides is 1. The highest BCUT2D eigenvalue weighted by Gasteiger charge is 2.32. The third-order valence-corrected chi connectivity index (χ3v) is 7.69. The lowest BCUT2D eigenvalue weighted by atomic mass is 10.0. The Kier molecular flexibility index (Phi) is 5.58. The number of rotatable bonds is 5. The van der Waals surface area contributed by atoms with Crippen LogP contribution >= 0.6 is 38.9 Å². The lowest BCUT2D eigenvalue weighted by Gasteiger charge is -2.27. The molecule has 0 bridgehead atoms. The SMILES string of the molecule is COc1ccc([C@@H]2NC(=O)c3c(sc4c3CCC4)N2)cc1COc1ccc(Cl)cc1Br. The quantitative estimate of drug-likeness (QED) is 0.428. The van der Waals surface area contributed by atoms with Gasteiger partial charge in [-0.15, -0.1) is 11.3 Å². The molecule has 0 spiro atoms. The van der Waals surface area contributed by atoms with Crippen molar-refractivity contribution in [3.8, 4) is 11.5 Å². The second-order valence-corrected chi connectivity index (χ2v) is 9.94. The molecule has 31 heavy (non-hydrogen) atoms. The van der Waals surface area contributed by atoms with Gasteiger partial charge in [-0.3, -0.25) is 4.79 Å². The number of thiophene rings is 1. The van der Waals surface area contributed by atoms with E-state index in [1.165, 1.54) is 10.4 Å². The zero-order chi connectivity index (χ0) is 21.5. The third kappa shape index (κ3) is 3.90. The smallest absolute Gasteiger partial charge is 0.256 e. The van der Waals surface area contributed by atoms with Crippen LogP contribution in [0.3, 0.4) is 0 Å². The number of halogens is 2. The van der Waals surface area contributed by atoms with Gasteiger partial charge in [0.25, 0.3) is 5.91 Å². The Labute approximate surface area is 197 Å². The Morgan fingerprint density at radius 3 is 2.81 bits per heavy atom. The van der Waals surface area contributed by atoms with E-state index in [1.54, 1.807) is 30.6 Å². The number of fused-ring (bicyclic) bond motifs is 3. The molecular formula is C23H20BrClN2O3S. The van der Waals surface area contributed by atoms with Crippen LogP contribution in [0.5, 0.6) is 11.5 Å². The second-order valence-electron chi connectivity index (χ2n) is 7.55. The summed E-state index contributed by atoms with van der Waals surface area (Å²) < 4.78 is 12.3. The lowest BCUT2D eigenvalue weighted by Crippen LogP contribution is -2.38. The highest BCUT2D eigenvalue weighted by Crippen LogP contribution is 2.42. The van der Waals surface area contributed by atoms with Crippen molar-refractivity contribution in [1.29, 1.82) is 0 Å². The molecule has 0 unspecified atom stereocenters. The van der Waals surface area contributed by atoms with Crippen LogP contribution < -0.4 is 20.1 Å². The van der Waals surface area contributed by atoms with Crippen LogP contribution in [0.1, 0.15) is 44.5 Å². The fourth-order valence-electron chi connectivity index (χ4n) is 4.12. The van der Waals surface area contributed by atoms with Gasteiger partial charge in [-0.25, -0.2) is 0 Å². The summed E-state index contributed by atoms with van der Waals surface area (Å²) in [6, 6.07) is 11.3. The summed E-state index contributed by atoms with van der Waals surface area (Å²) in [6.07, 6.45) is 2.89. The standard InChI is InChI=1S/C23H20BrClN2O3S/c1-29-17-7-5-12(9-13(17)11-30-18-8-6-14(25)10-16(18)24)21-26-22(28)20-15-3-2-4-19(15)31-23(20)27-21/h5-10,21,27H,2-4,11H2,1H3,(H,26,28)/t21-/m1/s1. The Balaban J connectivity index is 1.39. The maximum Gasteiger partial charge on any atom is 0.256 e. The maximum absolute atomic E-state index is 12.9. The summed E-state index contributed by atoms with van der Waals surface area (Å²) in [4.78, 5) is 14.2. The van der Waals surface area contributed by atoms with Crippen molar-refractivity contribution in [2.24, 2.45) is 0 Å². The van der Waals surface area contributed by atoms with Crippen molar-refractivity contribution in [2.75, 3.05) is 12.4 Å². The minimum Gasteiger partial charge on any atom is -0.496 e. The van der Waals surface area contributed by atoms with Gasteiger partial charge in [0.05, 0.1) is 17.1 Å². The number of methoxy groups -OCH3 is 1. The van der Waals surface area contributed by atoms with Crippen LogP contribution in [-0.4, -0.2) is 13.0 Å². The van der Waals surface area contributed by atoms with Crippen molar-refractivity contribution >= 4 is 49.8 Å². The topological polar surface area (TPSA) is 59.6 Å². The molecule has 160 valence electrons. The van der Waals surface area contributed by atoms with Crippen molar-refractivity contribution in [3.63, 3.8) is 0 Å². The highest BCUT2D eigenvalue weighted by atomic mass is 79.9. The fourth-order valence-corrected chi connectivity index (χ4v) is 6.23. The van der Waals surface area contributed by atoms with E-state index in [4.69, 9.17) is 21.1 Å². The zero-order valence-corrected chi connectivity index (χ0v) is 19.9. The molecule has 2 aromatic carbocycles. The van der Waals surface area contributed by atoms with Gasteiger partial charge in [-0.2, -0.15) is 0 Å². The first-order valence-electron chi connectivity index (χ1n) is 10.00. The molecule has 1 aliphatic carbocycles. The summed E-state index contributed by atoms with van der Waals surface area (Å²) in [7, 11) is 1.64. The zero-order valence-electron chi connectivity index (χ0n) is 16.8. The maximum atomic E-state index is 12.9. The summed E-state index contributed by atoms with van der Waals surface area (Å²) in [5, 5.41) is 8.23. The van der Waals surface area contributed by atoms with Gasteiger partial charge in [0.15, 0.2) is 0 Å². The van der Waals surface area contributed by atoms with Crippen LogP contribution in [0.2, 0.25) is 5.02 Å². The van der Waals surface area contributed by atoms with E-state index in [9.17, 15) is 4.79 Å². The molecular weight excluding hydrogens is 500 g/mol. The fraction of sp³-hybridized carbons (Fsp3) is 0.261. The molecule has 0 radical (unpaired) electrons. The summed E-state index contributed by atoms with van der Waals surface area (Å²) in [5.74, 6) is 1.42. The Bertz CT molecular complexity index is 1180. The van der Waals surface area contributed by atoms with Crippen LogP contribution in [0.15, 0.2) is 40.9 Å². The molecule has 5 rings (SSSR count). The van der Waals surface area contributed by atoms with E-state index in [2.05, 4.69) is 26.6 Å². The van der Waals surface area contributed by atoms with Crippen molar-refractivity contribution in [3.05, 3.63) is 73.0 Å². The molecule has 2 heterocycles. The number of aryl methyl sites for hydroxylation is 1. The number of carbonyl (C=O) groups is 1. The average molecular weight is 520 g/mol. The molecule has 0 saturated carbocycles. The van der Waals surface area contributed by atoms with E-state index in [0.29, 0.717) is 17.4 Å². The number of ether oxygens (including phenoxy) is 2. The van der Waals surface area contributed by atoms with Crippen LogP contribution in [0.4, 0.5) is 5.00 Å². The molecule has 1 aromatic heterocycles. The predicted octanol–water partition coefficient (Wildman–Crippen LogP) is 6.09. The second kappa shape index (κ2) is 8.37. The molecule has 3 aromatic rings. The summed E-state index contributed by atoms with van der Waals surface area (Å²) in [6.45, 7) is 0.316. The van der Waals surface area contributed by atoms with Crippen molar-refractivity contribution < 1.29 is 14.3 Å². The Morgan fingerprint density at radius 1 is 1.16 bits per heavy atom. The molecule has 1 aliphatic heterocycles. The first-order valence-corrected chi connectivity index (χ1v) is 12.0. The van der Waals surface area contributed by atoms with Crippen LogP contribution in [0.25, 0.3) is 0 Å². The molecule has 0 saturated heterocycles. The third-order valence-electron chi connectivity index (χ3n) is 5.61. The predicted molar refractivity (Wildman–Crippen MR) is 127 cm³/mol. The van der Waals surface area contributed by atoms with Gasteiger partial charge in [-0.1, -0.05) is 17.7 Å². The van der Waals surface area contributed by atoms with E-state index in [-0.39, 0.29) is 12.1 Å². The number of nitrogens with one attached hydrogen (secondary N) is 2. The number of carbonyl (C=O) groups excluding carboxylic acids is 1. The molecule has 5 nitrogen and oxygen atoms in total. The number of benzene rings is 2. The highest BCUT2D eigenvalue weighted by molar-refractivity contribution is 9.10. The molecule has 0 fully saturated rings. The number of anilines is 1. The lowest BCUT2D eigenvalue weighted by molar-refractivity contribution is 0.0935. The van der Waals surface area contributed by atoms with Gasteiger partial charge in [0, 0.05) is 15.5 Å². The van der Waals surface area contributed by atoms with Gasteiger partial charge in [-0.05, 0) is 76.7 Å². The number of hydrogen-bond acceptors (Lipinski definition) is 5. The molecule has 1 amide bonds. The number of hydrogen-bond donors (Lipinski definition) is 2. The first kappa shape index (κ1) is 20.7. The van der Waals surface area contributed by atoms with Gasteiger partial charge in [0.1, 0.15) is 29.3 Å². The van der Waals surface area contributed by atoms with Crippen LogP contribution in [-0.2, 0) is 19.4 Å². The van der Waals surface area contributed by atoms with Gasteiger partial charge in [0.2, 0.25) is 0 Å². The molecule has 2 aliphatic rings. The van der Waals surface area contributed by atoms with Crippen molar-refractivity contribution in [1.82, 2.24) is 5.32 Å². The van der Waals surface area contributed by atoms with Crippen molar-refractivity contribution in [2.45, 2.75) is 32.0 Å². The average Bonchev–Trinajstić information content (AvgIpc) is 3.34. The molecule has 8 heteroatoms. The molecule has 2 N–H and O–H groups in total.